The first-order valence-corrected chi connectivity index (χ1v) is 11.7. The minimum atomic E-state index is -1.84. The molecule has 0 aliphatic heterocycles. The van der Waals surface area contributed by atoms with Crippen molar-refractivity contribution >= 4 is 29.7 Å². The molecule has 0 spiro atoms. The van der Waals surface area contributed by atoms with Gasteiger partial charge in [0, 0.05) is 0 Å². The van der Waals surface area contributed by atoms with Crippen molar-refractivity contribution in [3.05, 3.63) is 23.8 Å². The number of ether oxygens (including phenoxy) is 1. The van der Waals surface area contributed by atoms with E-state index in [0.29, 0.717) is 0 Å². The average molecular weight is 392 g/mol. The third kappa shape index (κ3) is 5.15. The van der Waals surface area contributed by atoms with Gasteiger partial charge in [0.25, 0.3) is 0 Å². The molecule has 0 aromatic heterocycles. The van der Waals surface area contributed by atoms with Crippen molar-refractivity contribution in [3.8, 4) is 5.75 Å². The fourth-order valence-electron chi connectivity index (χ4n) is 1.61. The Labute approximate surface area is 129 Å². The minimum absolute atomic E-state index is 0.130. The second-order valence-electron chi connectivity index (χ2n) is 5.20. The van der Waals surface area contributed by atoms with Crippen molar-refractivity contribution < 1.29 is 18.3 Å². The maximum atomic E-state index is 5.97. The Kier molecular flexibility index (Phi) is 6.46. The van der Waals surface area contributed by atoms with E-state index in [1.165, 1.54) is 5.69 Å². The molecule has 0 radical (unpaired) electrons. The second kappa shape index (κ2) is 7.17. The number of nitrogens with zero attached hydrogens (tertiary/aromatic N) is 1. The Bertz CT molecular complexity index is 469. The Hall–Kier alpha value is 0.0534. The van der Waals surface area contributed by atoms with Gasteiger partial charge in [0.05, 0.1) is 0 Å². The van der Waals surface area contributed by atoms with Gasteiger partial charge in [-0.2, -0.15) is 0 Å². The van der Waals surface area contributed by atoms with E-state index in [-0.39, 0.29) is 6.10 Å². The molecule has 0 fully saturated rings. The topological polar surface area (TPSA) is 9.23 Å². The van der Waals surface area contributed by atoms with Gasteiger partial charge in [-0.05, 0) is 0 Å². The fraction of sp³-hybridized carbons (Fsp3) is 0.500. The molecule has 19 heavy (non-hydrogen) atoms. The van der Waals surface area contributed by atoms with Crippen LogP contribution in [0.25, 0.3) is 0 Å². The molecule has 0 bridgehead atoms. The maximum absolute atomic E-state index is 5.97. The first-order chi connectivity index (χ1) is 8.76. The Balaban J connectivity index is 3.26. The summed E-state index contributed by atoms with van der Waals surface area (Å²) in [5.74, 6) is 0.868. The molecule has 1 rings (SSSR count). The molecule has 2 nitrogen and oxygen atoms in total. The van der Waals surface area contributed by atoms with Crippen molar-refractivity contribution in [1.82, 2.24) is 4.48 Å². The number of quaternary nitrogens is 1. The molecule has 0 saturated heterocycles. The van der Waals surface area contributed by atoms with Crippen LogP contribution in [-0.2, 0) is 13.5 Å². The van der Waals surface area contributed by atoms with Crippen LogP contribution in [0.3, 0.4) is 0 Å². The zero-order valence-electron chi connectivity index (χ0n) is 12.1. The van der Waals surface area contributed by atoms with Gasteiger partial charge in [0.2, 0.25) is 0 Å². The van der Waals surface area contributed by atoms with Crippen LogP contribution >= 0.6 is 19.4 Å². The van der Waals surface area contributed by atoms with E-state index in [1.54, 1.807) is 0 Å². The van der Waals surface area contributed by atoms with Crippen molar-refractivity contribution in [2.24, 2.45) is 0 Å². The van der Waals surface area contributed by atoms with Gasteiger partial charge >= 0.3 is 129 Å². The standard InChI is InChI=1S/C14H22NO.2ClH.Ru/c1-7-15(5,6)13-9-8-12(4)14(10-13)16-11(2)3;;;/h4,8-11H,7H2,1-3,5-6H3;2*1H;/q+1;;;+2/p-2. The first kappa shape index (κ1) is 17.1. The van der Waals surface area contributed by atoms with Crippen LogP contribution < -0.4 is 9.22 Å². The molecular weight excluding hydrogens is 370 g/mol. The van der Waals surface area contributed by atoms with Crippen molar-refractivity contribution in [2.75, 3.05) is 20.6 Å². The van der Waals surface area contributed by atoms with Crippen LogP contribution in [0, 0.1) is 0 Å². The van der Waals surface area contributed by atoms with Gasteiger partial charge in [-0.1, -0.05) is 0 Å². The number of rotatable bonds is 5. The van der Waals surface area contributed by atoms with Crippen LogP contribution in [-0.4, -0.2) is 31.4 Å². The van der Waals surface area contributed by atoms with Gasteiger partial charge in [-0.3, -0.25) is 0 Å². The summed E-state index contributed by atoms with van der Waals surface area (Å²) in [5, 5.41) is 0. The summed E-state index contributed by atoms with van der Waals surface area (Å²) in [4.78, 5) is 0. The van der Waals surface area contributed by atoms with E-state index in [0.717, 1.165) is 22.3 Å². The normalized spacial score (nSPS) is 12.5. The molecule has 1 aromatic rings. The predicted octanol–water partition coefficient (Wildman–Crippen LogP) is 4.14. The number of halogens is 2. The molecule has 0 aliphatic carbocycles. The number of benzene rings is 1. The van der Waals surface area contributed by atoms with E-state index in [1.807, 2.05) is 18.5 Å². The van der Waals surface area contributed by atoms with Crippen molar-refractivity contribution in [1.29, 1.82) is 0 Å². The summed E-state index contributed by atoms with van der Waals surface area (Å²) in [5.41, 5.74) is 2.22. The van der Waals surface area contributed by atoms with Gasteiger partial charge in [0.15, 0.2) is 0 Å². The Morgan fingerprint density at radius 2 is 1.95 bits per heavy atom. The van der Waals surface area contributed by atoms with Crippen molar-refractivity contribution in [2.45, 2.75) is 26.9 Å². The monoisotopic (exact) mass is 392 g/mol. The Morgan fingerprint density at radius 3 is 2.42 bits per heavy atom. The van der Waals surface area contributed by atoms with Crippen molar-refractivity contribution in [3.63, 3.8) is 0 Å². The zero-order chi connectivity index (χ0) is 14.6. The van der Waals surface area contributed by atoms with Gasteiger partial charge in [-0.15, -0.1) is 0 Å². The SMILES string of the molecule is CC[N+](C)(C)c1ccc([CH]=[Ru]([Cl])[Cl])c(OC(C)C)c1. The molecule has 5 heteroatoms. The summed E-state index contributed by atoms with van der Waals surface area (Å²) in [6, 6.07) is 6.27. The van der Waals surface area contributed by atoms with Crippen LogP contribution in [0.5, 0.6) is 5.75 Å². The average Bonchev–Trinajstić information content (AvgIpc) is 2.30. The van der Waals surface area contributed by atoms with Gasteiger partial charge in [-0.25, -0.2) is 0 Å². The Morgan fingerprint density at radius 1 is 1.32 bits per heavy atom. The summed E-state index contributed by atoms with van der Waals surface area (Å²) in [7, 11) is 16.3. The third-order valence-electron chi connectivity index (χ3n) is 3.04. The summed E-state index contributed by atoms with van der Waals surface area (Å²) in [6.45, 7) is 7.23. The molecule has 0 atom stereocenters. The van der Waals surface area contributed by atoms with Crippen LogP contribution in [0.15, 0.2) is 18.2 Å². The van der Waals surface area contributed by atoms with E-state index in [4.69, 9.17) is 24.1 Å². The zero-order valence-corrected chi connectivity index (χ0v) is 15.3. The summed E-state index contributed by atoms with van der Waals surface area (Å²) < 4.78 is 8.64. The predicted molar refractivity (Wildman–Crippen MR) is 83.3 cm³/mol. The van der Waals surface area contributed by atoms with E-state index >= 15 is 0 Å². The fourth-order valence-corrected chi connectivity index (χ4v) is 3.41. The van der Waals surface area contributed by atoms with Crippen LogP contribution in [0.2, 0.25) is 0 Å². The molecule has 0 aliphatic rings. The number of hydrogen-bond acceptors (Lipinski definition) is 1. The van der Waals surface area contributed by atoms with E-state index in [2.05, 4.69) is 39.2 Å². The quantitative estimate of drug-likeness (QED) is 0.541. The molecule has 0 unspecified atom stereocenters. The molecule has 0 saturated carbocycles. The van der Waals surface area contributed by atoms with E-state index in [9.17, 15) is 0 Å². The molecular formula is C14H22Cl2NORu+. The van der Waals surface area contributed by atoms with Gasteiger partial charge < -0.3 is 0 Å². The summed E-state index contributed by atoms with van der Waals surface area (Å²) in [6.07, 6.45) is 0.130. The third-order valence-corrected chi connectivity index (χ3v) is 4.87. The molecule has 0 heterocycles. The molecule has 0 N–H and O–H groups in total. The second-order valence-corrected chi connectivity index (χ2v) is 10.9. The van der Waals surface area contributed by atoms with Gasteiger partial charge in [0.1, 0.15) is 0 Å². The molecule has 1 aromatic carbocycles. The summed E-state index contributed by atoms with van der Waals surface area (Å²) >= 11 is -1.84. The molecule has 0 amide bonds. The van der Waals surface area contributed by atoms with Crippen LogP contribution in [0.1, 0.15) is 26.3 Å². The first-order valence-electron chi connectivity index (χ1n) is 6.23. The van der Waals surface area contributed by atoms with E-state index < -0.39 is 13.5 Å². The van der Waals surface area contributed by atoms with Crippen LogP contribution in [0.4, 0.5) is 5.69 Å². The molecule has 110 valence electrons. The number of hydrogen-bond donors (Lipinski definition) is 0.